The van der Waals surface area contributed by atoms with E-state index < -0.39 is 0 Å². The Morgan fingerprint density at radius 3 is 2.58 bits per heavy atom. The second kappa shape index (κ2) is 4.51. The maximum absolute atomic E-state index is 11.2. The van der Waals surface area contributed by atoms with Crippen LogP contribution in [0.25, 0.3) is 0 Å². The number of rotatable bonds is 3. The van der Waals surface area contributed by atoms with Crippen LogP contribution in [-0.2, 0) is 0 Å². The third-order valence-corrected chi connectivity index (χ3v) is 1.43. The zero-order valence-corrected chi connectivity index (χ0v) is 7.12. The number of hydrogen-bond donors (Lipinski definition) is 0. The Bertz CT molecular complexity index is 306. The molecule has 60 valence electrons. The fourth-order valence-electron chi connectivity index (χ4n) is 0.775. The number of carbonyl (C=O) groups excluding carboxylic acids is 1. The molecule has 0 atom stereocenters. The topological polar surface area (TPSA) is 29.4 Å². The van der Waals surface area contributed by atoms with Gasteiger partial charge in [0.2, 0.25) is 5.78 Å². The van der Waals surface area contributed by atoms with Crippen molar-refractivity contribution in [2.45, 2.75) is 0 Å². The summed E-state index contributed by atoms with van der Waals surface area (Å²) in [5.41, 5.74) is 1.79. The van der Waals surface area contributed by atoms with Crippen molar-refractivity contribution in [2.75, 3.05) is 0 Å². The van der Waals surface area contributed by atoms with E-state index in [1.807, 2.05) is 6.07 Å². The third kappa shape index (κ3) is 2.36. The Balaban J connectivity index is 2.79. The molecular formula is C9H7NOS. The van der Waals surface area contributed by atoms with E-state index in [0.717, 1.165) is 0 Å². The van der Waals surface area contributed by atoms with Gasteiger partial charge in [-0.1, -0.05) is 42.5 Å². The molecule has 0 heterocycles. The normalized spacial score (nSPS) is 10.0. The Morgan fingerprint density at radius 1 is 1.33 bits per heavy atom. The maximum atomic E-state index is 11.2. The molecule has 12 heavy (non-hydrogen) atoms. The molecule has 0 saturated carbocycles. The second-order valence-corrected chi connectivity index (χ2v) is 2.32. The molecule has 0 N–H and O–H groups in total. The fraction of sp³-hybridized carbons (Fsp3) is 0. The summed E-state index contributed by atoms with van der Waals surface area (Å²) < 4.78 is 0. The summed E-state index contributed by atoms with van der Waals surface area (Å²) in [4.78, 5) is 14.8. The number of carbonyl (C=O) groups is 1. The predicted octanol–water partition coefficient (Wildman–Crippen LogP) is 1.90. The molecule has 1 aromatic carbocycles. The Morgan fingerprint density at radius 2 is 2.00 bits per heavy atom. The lowest BCUT2D eigenvalue weighted by atomic mass is 10.1. The zero-order chi connectivity index (χ0) is 8.81. The van der Waals surface area contributed by atoms with Crippen LogP contribution >= 0.6 is 12.2 Å². The van der Waals surface area contributed by atoms with Crippen molar-refractivity contribution in [3.63, 3.8) is 0 Å². The van der Waals surface area contributed by atoms with E-state index in [4.69, 9.17) is 0 Å². The highest BCUT2D eigenvalue weighted by molar-refractivity contribution is 7.78. The summed E-state index contributed by atoms with van der Waals surface area (Å²) in [6, 6.07) is 8.93. The molecule has 0 spiro atoms. The number of Topliss-reactive ketones (excluding diaryl/α,β-unsaturated/α-hetero) is 1. The van der Waals surface area contributed by atoms with E-state index in [1.165, 1.54) is 11.7 Å². The van der Waals surface area contributed by atoms with Crippen LogP contribution in [0.15, 0.2) is 35.3 Å². The van der Waals surface area contributed by atoms with Crippen molar-refractivity contribution in [3.8, 4) is 0 Å². The van der Waals surface area contributed by atoms with Crippen LogP contribution in [0.4, 0.5) is 0 Å². The molecule has 0 aliphatic carbocycles. The lowest BCUT2D eigenvalue weighted by Crippen LogP contribution is -1.99. The van der Waals surface area contributed by atoms with Crippen LogP contribution in [0, 0.1) is 0 Å². The molecule has 3 heteroatoms. The Kier molecular flexibility index (Phi) is 3.29. The van der Waals surface area contributed by atoms with Crippen LogP contribution in [0.2, 0.25) is 0 Å². The lowest BCUT2D eigenvalue weighted by Gasteiger charge is -1.91. The Hall–Kier alpha value is -1.35. The highest BCUT2D eigenvalue weighted by Crippen LogP contribution is 1.97. The van der Waals surface area contributed by atoms with Gasteiger partial charge < -0.3 is 0 Å². The van der Waals surface area contributed by atoms with Gasteiger partial charge in [0.05, 0.1) is 11.7 Å². The molecule has 0 aliphatic heterocycles. The van der Waals surface area contributed by atoms with Gasteiger partial charge in [0.25, 0.3) is 0 Å². The van der Waals surface area contributed by atoms with Gasteiger partial charge >= 0.3 is 0 Å². The van der Waals surface area contributed by atoms with Crippen molar-refractivity contribution in [2.24, 2.45) is 4.99 Å². The molecule has 0 bridgehead atoms. The summed E-state index contributed by atoms with van der Waals surface area (Å²) in [7, 11) is 0. The molecule has 0 amide bonds. The van der Waals surface area contributed by atoms with Gasteiger partial charge in [-0.25, -0.2) is 4.99 Å². The van der Waals surface area contributed by atoms with E-state index in [-0.39, 0.29) is 5.78 Å². The highest BCUT2D eigenvalue weighted by Gasteiger charge is 1.98. The molecule has 1 rings (SSSR count). The number of ketones is 1. The average molecular weight is 177 g/mol. The van der Waals surface area contributed by atoms with Gasteiger partial charge in [-0.3, -0.25) is 4.79 Å². The Labute approximate surface area is 75.9 Å². The van der Waals surface area contributed by atoms with Gasteiger partial charge in [0.15, 0.2) is 0 Å². The maximum Gasteiger partial charge on any atom is 0.204 e. The van der Waals surface area contributed by atoms with Gasteiger partial charge in [0, 0.05) is 5.56 Å². The van der Waals surface area contributed by atoms with Crippen LogP contribution in [-0.4, -0.2) is 17.5 Å². The van der Waals surface area contributed by atoms with Gasteiger partial charge in [-0.15, -0.1) is 0 Å². The van der Waals surface area contributed by atoms with E-state index in [2.05, 4.69) is 17.2 Å². The van der Waals surface area contributed by atoms with E-state index in [0.29, 0.717) is 5.56 Å². The summed E-state index contributed by atoms with van der Waals surface area (Å²) >= 11 is 4.45. The molecule has 0 unspecified atom stereocenters. The average Bonchev–Trinajstić information content (AvgIpc) is 2.15. The van der Waals surface area contributed by atoms with E-state index in [9.17, 15) is 4.79 Å². The van der Waals surface area contributed by atoms with Crippen LogP contribution in [0.5, 0.6) is 0 Å². The number of nitrogens with zero attached hydrogens (tertiary/aromatic N) is 1. The predicted molar refractivity (Wildman–Crippen MR) is 52.9 cm³/mol. The summed E-state index contributed by atoms with van der Waals surface area (Å²) in [5, 5.41) is 0. The molecule has 0 aromatic heterocycles. The lowest BCUT2D eigenvalue weighted by molar-refractivity contribution is 0.107. The van der Waals surface area contributed by atoms with Crippen LogP contribution < -0.4 is 0 Å². The van der Waals surface area contributed by atoms with E-state index >= 15 is 0 Å². The quantitative estimate of drug-likeness (QED) is 0.401. The second-order valence-electron chi connectivity index (χ2n) is 2.11. The minimum Gasteiger partial charge on any atom is -0.288 e. The van der Waals surface area contributed by atoms with Crippen molar-refractivity contribution >= 4 is 29.7 Å². The van der Waals surface area contributed by atoms with Gasteiger partial charge in [-0.2, -0.15) is 0 Å². The first-order valence-corrected chi connectivity index (χ1v) is 3.88. The van der Waals surface area contributed by atoms with Crippen molar-refractivity contribution in [1.29, 1.82) is 0 Å². The molecule has 1 aromatic rings. The molecular weight excluding hydrogens is 170 g/mol. The molecule has 0 fully saturated rings. The van der Waals surface area contributed by atoms with Gasteiger partial charge in [-0.05, 0) is 0 Å². The molecule has 0 radical (unpaired) electrons. The minimum atomic E-state index is -0.128. The minimum absolute atomic E-state index is 0.128. The zero-order valence-electron chi connectivity index (χ0n) is 6.31. The first-order chi connectivity index (χ1) is 5.84. The van der Waals surface area contributed by atoms with Crippen molar-refractivity contribution in [1.82, 2.24) is 0 Å². The third-order valence-electron chi connectivity index (χ3n) is 1.31. The number of hydrogen-bond acceptors (Lipinski definition) is 2. The fourth-order valence-corrected chi connectivity index (χ4v) is 0.836. The number of thiocarbonyl (C=S) groups is 1. The summed E-state index contributed by atoms with van der Waals surface area (Å²) in [5.74, 6) is -0.128. The van der Waals surface area contributed by atoms with Crippen molar-refractivity contribution < 1.29 is 4.79 Å². The first-order valence-electron chi connectivity index (χ1n) is 3.41. The molecule has 2 nitrogen and oxygen atoms in total. The number of benzene rings is 1. The van der Waals surface area contributed by atoms with Crippen LogP contribution in [0.1, 0.15) is 10.4 Å². The number of aliphatic imine (C=N–C) groups is 1. The highest BCUT2D eigenvalue weighted by atomic mass is 32.1. The SMILES string of the molecule is O=C(C=NC=S)c1ccccc1. The molecule has 0 saturated heterocycles. The summed E-state index contributed by atoms with van der Waals surface area (Å²) in [6.07, 6.45) is 1.21. The van der Waals surface area contributed by atoms with Crippen LogP contribution in [0.3, 0.4) is 0 Å². The van der Waals surface area contributed by atoms with Crippen molar-refractivity contribution in [3.05, 3.63) is 35.9 Å². The molecule has 0 aliphatic rings. The monoisotopic (exact) mass is 177 g/mol. The first kappa shape index (κ1) is 8.74. The smallest absolute Gasteiger partial charge is 0.204 e. The largest absolute Gasteiger partial charge is 0.288 e. The standard InChI is InChI=1S/C9H7NOS/c11-9(6-10-7-12)8-4-2-1-3-5-8/h1-7H. The van der Waals surface area contributed by atoms with E-state index in [1.54, 1.807) is 24.3 Å². The summed E-state index contributed by atoms with van der Waals surface area (Å²) in [6.45, 7) is 0. The van der Waals surface area contributed by atoms with Gasteiger partial charge in [0.1, 0.15) is 0 Å².